The van der Waals surface area contributed by atoms with E-state index in [0.717, 1.165) is 8.26 Å². The minimum atomic E-state index is -0.715. The third kappa shape index (κ3) is 6.55. The molecule has 0 bridgehead atoms. The van der Waals surface area contributed by atoms with Gasteiger partial charge in [-0.05, 0) is 37.9 Å². The van der Waals surface area contributed by atoms with Gasteiger partial charge in [0.15, 0.2) is 6.61 Å². The van der Waals surface area contributed by atoms with Crippen molar-refractivity contribution in [2.45, 2.75) is 0 Å². The third-order valence-electron chi connectivity index (χ3n) is 2.03. The maximum absolute atomic E-state index is 11.7. The number of hydrogen-bond acceptors (Lipinski definition) is 6. The van der Waals surface area contributed by atoms with Gasteiger partial charge in [-0.25, -0.2) is 9.59 Å². The Kier molecular flexibility index (Phi) is 7.86. The molecule has 2 N–H and O–H groups in total. The second-order valence-electron chi connectivity index (χ2n) is 3.61. The number of methoxy groups -OCH3 is 1. The van der Waals surface area contributed by atoms with Crippen LogP contribution in [0.4, 0.5) is 4.79 Å². The standard InChI is InChI=1S/C11H12Br2N2O5S/c1-19-3-2-14-11(18)15-8(16)5-20-10(17)7-4-6(12)9(13)21-7/h4H,2-3,5H2,1H3,(H2,14,15,16,18). The van der Waals surface area contributed by atoms with Crippen molar-refractivity contribution in [3.63, 3.8) is 0 Å². The Labute approximate surface area is 141 Å². The lowest BCUT2D eigenvalue weighted by molar-refractivity contribution is -0.123. The average molecular weight is 444 g/mol. The first kappa shape index (κ1) is 18.1. The van der Waals surface area contributed by atoms with Crippen LogP contribution in [0.1, 0.15) is 9.67 Å². The number of amides is 3. The second-order valence-corrected chi connectivity index (χ2v) is 6.83. The zero-order chi connectivity index (χ0) is 15.8. The number of imide groups is 1. The summed E-state index contributed by atoms with van der Waals surface area (Å²) in [4.78, 5) is 34.6. The fourth-order valence-electron chi connectivity index (χ4n) is 1.12. The molecule has 0 aromatic carbocycles. The fourth-order valence-corrected chi connectivity index (χ4v) is 3.05. The van der Waals surface area contributed by atoms with E-state index in [9.17, 15) is 14.4 Å². The number of rotatable bonds is 6. The van der Waals surface area contributed by atoms with Crippen molar-refractivity contribution in [1.29, 1.82) is 0 Å². The predicted octanol–water partition coefficient (Wildman–Crippen LogP) is 1.90. The quantitative estimate of drug-likeness (QED) is 0.517. The first-order valence-electron chi connectivity index (χ1n) is 5.62. The fraction of sp³-hybridized carbons (Fsp3) is 0.364. The number of carbonyl (C=O) groups is 3. The summed E-state index contributed by atoms with van der Waals surface area (Å²) in [6.07, 6.45) is 0. The van der Waals surface area contributed by atoms with E-state index in [0.29, 0.717) is 11.5 Å². The van der Waals surface area contributed by atoms with Crippen molar-refractivity contribution in [3.8, 4) is 0 Å². The summed E-state index contributed by atoms with van der Waals surface area (Å²) in [5.74, 6) is -1.35. The summed E-state index contributed by atoms with van der Waals surface area (Å²) in [5, 5.41) is 4.42. The van der Waals surface area contributed by atoms with Gasteiger partial charge in [0.25, 0.3) is 5.91 Å². The zero-order valence-electron chi connectivity index (χ0n) is 10.9. The maximum atomic E-state index is 11.7. The van der Waals surface area contributed by atoms with Crippen LogP contribution in [0.15, 0.2) is 14.3 Å². The van der Waals surface area contributed by atoms with Crippen LogP contribution in [0, 0.1) is 0 Å². The number of urea groups is 1. The van der Waals surface area contributed by atoms with Crippen molar-refractivity contribution in [2.75, 3.05) is 26.9 Å². The van der Waals surface area contributed by atoms with Crippen LogP contribution in [0.2, 0.25) is 0 Å². The molecule has 116 valence electrons. The van der Waals surface area contributed by atoms with E-state index in [1.807, 2.05) is 5.32 Å². The molecule has 1 rings (SSSR count). The van der Waals surface area contributed by atoms with Gasteiger partial charge in [-0.2, -0.15) is 0 Å². The largest absolute Gasteiger partial charge is 0.451 e. The monoisotopic (exact) mass is 442 g/mol. The first-order valence-corrected chi connectivity index (χ1v) is 8.03. The highest BCUT2D eigenvalue weighted by molar-refractivity contribution is 9.13. The Morgan fingerprint density at radius 3 is 2.62 bits per heavy atom. The molecule has 0 spiro atoms. The Balaban J connectivity index is 2.32. The zero-order valence-corrected chi connectivity index (χ0v) is 14.9. The molecule has 0 saturated heterocycles. The van der Waals surface area contributed by atoms with Crippen molar-refractivity contribution in [3.05, 3.63) is 19.2 Å². The van der Waals surface area contributed by atoms with Gasteiger partial charge in [0, 0.05) is 18.1 Å². The van der Waals surface area contributed by atoms with Crippen LogP contribution >= 0.6 is 43.2 Å². The minimum absolute atomic E-state index is 0.270. The molecule has 0 radical (unpaired) electrons. The highest BCUT2D eigenvalue weighted by atomic mass is 79.9. The van der Waals surface area contributed by atoms with Gasteiger partial charge in [0.05, 0.1) is 10.4 Å². The van der Waals surface area contributed by atoms with Gasteiger partial charge < -0.3 is 14.8 Å². The van der Waals surface area contributed by atoms with Crippen LogP contribution in [-0.2, 0) is 14.3 Å². The number of nitrogens with one attached hydrogen (secondary N) is 2. The van der Waals surface area contributed by atoms with Gasteiger partial charge in [-0.3, -0.25) is 10.1 Å². The van der Waals surface area contributed by atoms with Gasteiger partial charge in [0.2, 0.25) is 0 Å². The Bertz CT molecular complexity index is 515. The van der Waals surface area contributed by atoms with Crippen molar-refractivity contribution in [1.82, 2.24) is 10.6 Å². The molecule has 21 heavy (non-hydrogen) atoms. The summed E-state index contributed by atoms with van der Waals surface area (Å²) >= 11 is 7.66. The van der Waals surface area contributed by atoms with Gasteiger partial charge in [-0.15, -0.1) is 11.3 Å². The Morgan fingerprint density at radius 2 is 2.05 bits per heavy atom. The molecule has 1 heterocycles. The van der Waals surface area contributed by atoms with Crippen LogP contribution in [0.3, 0.4) is 0 Å². The summed E-state index contributed by atoms with van der Waals surface area (Å²) < 4.78 is 11.0. The van der Waals surface area contributed by atoms with Crippen molar-refractivity contribution >= 4 is 61.1 Å². The molecule has 0 atom stereocenters. The lowest BCUT2D eigenvalue weighted by Crippen LogP contribution is -2.42. The van der Waals surface area contributed by atoms with E-state index in [-0.39, 0.29) is 6.54 Å². The van der Waals surface area contributed by atoms with E-state index in [1.165, 1.54) is 18.4 Å². The molecular weight excluding hydrogens is 432 g/mol. The SMILES string of the molecule is COCCNC(=O)NC(=O)COC(=O)c1cc(Br)c(Br)s1. The topological polar surface area (TPSA) is 93.7 Å². The lowest BCUT2D eigenvalue weighted by atomic mass is 10.5. The van der Waals surface area contributed by atoms with E-state index >= 15 is 0 Å². The van der Waals surface area contributed by atoms with Crippen LogP contribution in [0.25, 0.3) is 0 Å². The molecule has 0 aliphatic heterocycles. The number of hydrogen-bond donors (Lipinski definition) is 2. The Morgan fingerprint density at radius 1 is 1.33 bits per heavy atom. The molecule has 0 saturated carbocycles. The molecule has 0 fully saturated rings. The number of halogens is 2. The average Bonchev–Trinajstić information content (AvgIpc) is 2.76. The minimum Gasteiger partial charge on any atom is -0.451 e. The molecule has 1 aromatic heterocycles. The maximum Gasteiger partial charge on any atom is 0.348 e. The molecule has 0 aliphatic rings. The smallest absolute Gasteiger partial charge is 0.348 e. The van der Waals surface area contributed by atoms with Crippen molar-refractivity contribution in [2.24, 2.45) is 0 Å². The number of thiophene rings is 1. The van der Waals surface area contributed by atoms with Crippen LogP contribution in [-0.4, -0.2) is 44.8 Å². The summed E-state index contributed by atoms with van der Waals surface area (Å²) in [5.41, 5.74) is 0. The number of ether oxygens (including phenoxy) is 2. The molecule has 3 amide bonds. The molecule has 7 nitrogen and oxygen atoms in total. The predicted molar refractivity (Wildman–Crippen MR) is 83.4 cm³/mol. The van der Waals surface area contributed by atoms with E-state index in [1.54, 1.807) is 6.07 Å². The third-order valence-corrected chi connectivity index (χ3v) is 5.26. The highest BCUT2D eigenvalue weighted by Crippen LogP contribution is 2.32. The summed E-state index contributed by atoms with van der Waals surface area (Å²) in [7, 11) is 1.49. The van der Waals surface area contributed by atoms with E-state index in [2.05, 4.69) is 37.2 Å². The van der Waals surface area contributed by atoms with E-state index < -0.39 is 24.5 Å². The first-order chi connectivity index (χ1) is 9.93. The van der Waals surface area contributed by atoms with Gasteiger partial charge in [0.1, 0.15) is 4.88 Å². The number of esters is 1. The van der Waals surface area contributed by atoms with Gasteiger partial charge >= 0.3 is 12.0 Å². The molecule has 0 aliphatic carbocycles. The summed E-state index contributed by atoms with van der Waals surface area (Å²) in [6, 6.07) is 0.904. The van der Waals surface area contributed by atoms with E-state index in [4.69, 9.17) is 9.47 Å². The second kappa shape index (κ2) is 9.13. The van der Waals surface area contributed by atoms with Crippen molar-refractivity contribution < 1.29 is 23.9 Å². The van der Waals surface area contributed by atoms with Crippen LogP contribution < -0.4 is 10.6 Å². The van der Waals surface area contributed by atoms with Crippen LogP contribution in [0.5, 0.6) is 0 Å². The highest BCUT2D eigenvalue weighted by Gasteiger charge is 2.15. The molecule has 0 unspecified atom stereocenters. The van der Waals surface area contributed by atoms with Gasteiger partial charge in [-0.1, -0.05) is 0 Å². The summed E-state index contributed by atoms with van der Waals surface area (Å²) in [6.45, 7) is 0.0645. The molecular formula is C11H12Br2N2O5S. The lowest BCUT2D eigenvalue weighted by Gasteiger charge is -2.06. The molecule has 10 heteroatoms. The Hall–Kier alpha value is -0.970. The molecule has 1 aromatic rings. The number of carbonyl (C=O) groups excluding carboxylic acids is 3. The normalized spacial score (nSPS) is 10.0.